The Labute approximate surface area is 138 Å². The fraction of sp³-hybridized carbons (Fsp3) is 0.529. The number of rotatable bonds is 10. The van der Waals surface area contributed by atoms with Crippen LogP contribution in [0.3, 0.4) is 0 Å². The number of hydrogen-bond donors (Lipinski definition) is 2. The van der Waals surface area contributed by atoms with Crippen molar-refractivity contribution in [1.29, 1.82) is 0 Å². The summed E-state index contributed by atoms with van der Waals surface area (Å²) < 4.78 is 31.9. The van der Waals surface area contributed by atoms with Gasteiger partial charge in [0, 0.05) is 25.2 Å². The van der Waals surface area contributed by atoms with E-state index in [1.807, 2.05) is 24.3 Å². The summed E-state index contributed by atoms with van der Waals surface area (Å²) in [6, 6.07) is 7.58. The molecule has 0 aromatic heterocycles. The van der Waals surface area contributed by atoms with E-state index in [1.54, 1.807) is 0 Å². The van der Waals surface area contributed by atoms with Gasteiger partial charge in [0.05, 0.1) is 5.75 Å². The van der Waals surface area contributed by atoms with Gasteiger partial charge in [0.2, 0.25) is 10.0 Å². The van der Waals surface area contributed by atoms with Crippen LogP contribution < -0.4 is 14.8 Å². The molecule has 1 aromatic rings. The normalized spacial score (nSPS) is 14.9. The van der Waals surface area contributed by atoms with Gasteiger partial charge in [0.15, 0.2) is 0 Å². The summed E-state index contributed by atoms with van der Waals surface area (Å²) in [5.41, 5.74) is 0.961. The van der Waals surface area contributed by atoms with Crippen LogP contribution in [0.5, 0.6) is 5.75 Å². The Morgan fingerprint density at radius 1 is 1.30 bits per heavy atom. The third kappa shape index (κ3) is 6.22. The maximum Gasteiger partial charge on any atom is 0.212 e. The number of sulfonamides is 1. The Kier molecular flexibility index (Phi) is 6.90. The molecule has 6 heteroatoms. The summed E-state index contributed by atoms with van der Waals surface area (Å²) in [6.07, 6.45) is 8.68. The second-order valence-corrected chi connectivity index (χ2v) is 7.67. The van der Waals surface area contributed by atoms with Gasteiger partial charge in [-0.25, -0.2) is 13.1 Å². The number of para-hydroxylation sites is 1. The highest BCUT2D eigenvalue weighted by Crippen LogP contribution is 2.25. The molecule has 0 heterocycles. The average molecular weight is 336 g/mol. The van der Waals surface area contributed by atoms with E-state index in [9.17, 15) is 8.42 Å². The van der Waals surface area contributed by atoms with Gasteiger partial charge in [-0.2, -0.15) is 0 Å². The average Bonchev–Trinajstić information content (AvgIpc) is 2.49. The molecule has 2 N–H and O–H groups in total. The topological polar surface area (TPSA) is 67.4 Å². The molecule has 1 saturated carbocycles. The van der Waals surface area contributed by atoms with Crippen LogP contribution in [0, 0.1) is 18.3 Å². The lowest BCUT2D eigenvalue weighted by molar-refractivity contribution is 0.316. The predicted molar refractivity (Wildman–Crippen MR) is 91.6 cm³/mol. The van der Waals surface area contributed by atoms with Gasteiger partial charge in [-0.05, 0) is 24.8 Å². The molecule has 0 bridgehead atoms. The van der Waals surface area contributed by atoms with E-state index in [0.29, 0.717) is 25.6 Å². The third-order valence-electron chi connectivity index (χ3n) is 3.96. The summed E-state index contributed by atoms with van der Waals surface area (Å²) in [5.74, 6) is 3.76. The minimum Gasteiger partial charge on any atom is -0.481 e. The lowest BCUT2D eigenvalue weighted by Crippen LogP contribution is -2.36. The highest BCUT2D eigenvalue weighted by molar-refractivity contribution is 7.89. The van der Waals surface area contributed by atoms with Gasteiger partial charge < -0.3 is 10.1 Å². The molecule has 5 nitrogen and oxygen atoms in total. The van der Waals surface area contributed by atoms with E-state index in [1.165, 1.54) is 6.42 Å². The highest BCUT2D eigenvalue weighted by Gasteiger charge is 2.19. The van der Waals surface area contributed by atoms with Gasteiger partial charge in [0.25, 0.3) is 0 Å². The van der Waals surface area contributed by atoms with Gasteiger partial charge in [-0.3, -0.25) is 0 Å². The maximum atomic E-state index is 11.9. The van der Waals surface area contributed by atoms with Crippen molar-refractivity contribution in [3.05, 3.63) is 29.8 Å². The summed E-state index contributed by atoms with van der Waals surface area (Å²) in [4.78, 5) is 0. The number of benzene rings is 1. The SMILES string of the molecule is C#CCOc1ccccc1CNCCS(=O)(=O)NCC1CCC1. The van der Waals surface area contributed by atoms with Crippen molar-refractivity contribution in [2.45, 2.75) is 25.8 Å². The molecule has 0 amide bonds. The molecule has 0 aliphatic heterocycles. The lowest BCUT2D eigenvalue weighted by Gasteiger charge is -2.25. The molecule has 1 aromatic carbocycles. The molecule has 0 spiro atoms. The zero-order valence-electron chi connectivity index (χ0n) is 13.3. The zero-order chi connectivity index (χ0) is 16.5. The van der Waals surface area contributed by atoms with Crippen LogP contribution in [0.1, 0.15) is 24.8 Å². The van der Waals surface area contributed by atoms with E-state index in [0.717, 1.165) is 24.2 Å². The molecular weight excluding hydrogens is 312 g/mol. The van der Waals surface area contributed by atoms with Crippen LogP contribution in [0.4, 0.5) is 0 Å². The molecule has 0 atom stereocenters. The molecule has 0 unspecified atom stereocenters. The van der Waals surface area contributed by atoms with E-state index < -0.39 is 10.0 Å². The third-order valence-corrected chi connectivity index (χ3v) is 5.31. The molecule has 2 rings (SSSR count). The molecule has 0 saturated heterocycles. The van der Waals surface area contributed by atoms with Crippen molar-refractivity contribution >= 4 is 10.0 Å². The second kappa shape index (κ2) is 8.92. The van der Waals surface area contributed by atoms with Gasteiger partial charge in [0.1, 0.15) is 12.4 Å². The minimum absolute atomic E-state index is 0.0765. The molecular formula is C17H24N2O3S. The Balaban J connectivity index is 1.71. The summed E-state index contributed by atoms with van der Waals surface area (Å²) in [5, 5.41) is 3.14. The maximum absolute atomic E-state index is 11.9. The van der Waals surface area contributed by atoms with Gasteiger partial charge in [-0.1, -0.05) is 30.5 Å². The summed E-state index contributed by atoms with van der Waals surface area (Å²) in [7, 11) is -3.20. The molecule has 126 valence electrons. The van der Waals surface area contributed by atoms with E-state index in [4.69, 9.17) is 11.2 Å². The predicted octanol–water partition coefficient (Wildman–Crippen LogP) is 1.51. The monoisotopic (exact) mass is 336 g/mol. The first-order valence-corrected chi connectivity index (χ1v) is 9.58. The standard InChI is InChI=1S/C17H24N2O3S/c1-2-11-22-17-9-4-3-8-16(17)14-18-10-12-23(20,21)19-13-15-6-5-7-15/h1,3-4,8-9,15,18-19H,5-7,10-14H2. The number of nitrogens with one attached hydrogen (secondary N) is 2. The second-order valence-electron chi connectivity index (χ2n) is 5.74. The highest BCUT2D eigenvalue weighted by atomic mass is 32.2. The lowest BCUT2D eigenvalue weighted by atomic mass is 9.86. The van der Waals surface area contributed by atoms with Crippen LogP contribution in [0.15, 0.2) is 24.3 Å². The van der Waals surface area contributed by atoms with Crippen molar-refractivity contribution < 1.29 is 13.2 Å². The van der Waals surface area contributed by atoms with Crippen LogP contribution >= 0.6 is 0 Å². The van der Waals surface area contributed by atoms with Crippen molar-refractivity contribution in [1.82, 2.24) is 10.0 Å². The molecule has 23 heavy (non-hydrogen) atoms. The Hall–Kier alpha value is -1.55. The van der Waals surface area contributed by atoms with Crippen molar-refractivity contribution in [3.63, 3.8) is 0 Å². The van der Waals surface area contributed by atoms with Crippen LogP contribution in [-0.4, -0.2) is 33.9 Å². The molecule has 0 radical (unpaired) electrons. The summed E-state index contributed by atoms with van der Waals surface area (Å²) >= 11 is 0. The van der Waals surface area contributed by atoms with E-state index >= 15 is 0 Å². The van der Waals surface area contributed by atoms with Gasteiger partial charge >= 0.3 is 0 Å². The Morgan fingerprint density at radius 3 is 2.78 bits per heavy atom. The molecule has 1 aliphatic carbocycles. The smallest absolute Gasteiger partial charge is 0.212 e. The van der Waals surface area contributed by atoms with Crippen molar-refractivity contribution in [3.8, 4) is 18.1 Å². The van der Waals surface area contributed by atoms with Crippen molar-refractivity contribution in [2.24, 2.45) is 5.92 Å². The quantitative estimate of drug-likeness (QED) is 0.502. The first-order valence-electron chi connectivity index (χ1n) is 7.93. The van der Waals surface area contributed by atoms with Crippen LogP contribution in [0.2, 0.25) is 0 Å². The van der Waals surface area contributed by atoms with Crippen LogP contribution in [-0.2, 0) is 16.6 Å². The fourth-order valence-electron chi connectivity index (χ4n) is 2.35. The first kappa shape index (κ1) is 17.8. The number of ether oxygens (including phenoxy) is 1. The van der Waals surface area contributed by atoms with Crippen LogP contribution in [0.25, 0.3) is 0 Å². The minimum atomic E-state index is -3.20. The largest absolute Gasteiger partial charge is 0.481 e. The molecule has 1 aliphatic rings. The summed E-state index contributed by atoms with van der Waals surface area (Å²) in [6.45, 7) is 1.73. The van der Waals surface area contributed by atoms with Crippen molar-refractivity contribution in [2.75, 3.05) is 25.4 Å². The van der Waals surface area contributed by atoms with Gasteiger partial charge in [-0.15, -0.1) is 6.42 Å². The van der Waals surface area contributed by atoms with E-state index in [-0.39, 0.29) is 12.4 Å². The Morgan fingerprint density at radius 2 is 2.09 bits per heavy atom. The fourth-order valence-corrected chi connectivity index (χ4v) is 3.40. The molecule has 1 fully saturated rings. The number of hydrogen-bond acceptors (Lipinski definition) is 4. The number of terminal acetylenes is 1. The van der Waals surface area contributed by atoms with E-state index in [2.05, 4.69) is 16.0 Å². The zero-order valence-corrected chi connectivity index (χ0v) is 14.1. The Bertz CT molecular complexity index is 633. The first-order chi connectivity index (χ1) is 11.1.